The van der Waals surface area contributed by atoms with E-state index in [1.54, 1.807) is 0 Å². The minimum atomic E-state index is -0.517. The largest absolute Gasteiger partial charge is 0.461 e. The Balaban J connectivity index is 1.72. The van der Waals surface area contributed by atoms with Crippen LogP contribution in [0.2, 0.25) is 0 Å². The molecule has 29 heavy (non-hydrogen) atoms. The predicted molar refractivity (Wildman–Crippen MR) is 112 cm³/mol. The molecular weight excluding hydrogens is 368 g/mol. The molecular formula is C23H28N2O4. The van der Waals surface area contributed by atoms with Gasteiger partial charge in [0.25, 0.3) is 0 Å². The number of ether oxygens (including phenoxy) is 2. The summed E-state index contributed by atoms with van der Waals surface area (Å²) >= 11 is 0. The first-order valence-electron chi connectivity index (χ1n) is 9.67. The zero-order valence-corrected chi connectivity index (χ0v) is 16.6. The maximum atomic E-state index is 11.7. The first kappa shape index (κ1) is 22.2. The third-order valence-electron chi connectivity index (χ3n) is 4.13. The number of rotatable bonds is 12. The van der Waals surface area contributed by atoms with Gasteiger partial charge >= 0.3 is 12.1 Å². The van der Waals surface area contributed by atoms with Crippen molar-refractivity contribution in [2.45, 2.75) is 19.5 Å². The highest BCUT2D eigenvalue weighted by molar-refractivity contribution is 5.81. The molecule has 0 bridgehead atoms. The zero-order valence-electron chi connectivity index (χ0n) is 16.6. The van der Waals surface area contributed by atoms with Crippen LogP contribution in [0.4, 0.5) is 4.79 Å². The number of amides is 1. The molecule has 1 N–H and O–H groups in total. The van der Waals surface area contributed by atoms with Crippen LogP contribution in [0.3, 0.4) is 0 Å². The van der Waals surface area contributed by atoms with Crippen molar-refractivity contribution in [3.05, 3.63) is 84.4 Å². The van der Waals surface area contributed by atoms with Gasteiger partial charge in [0.2, 0.25) is 0 Å². The minimum Gasteiger partial charge on any atom is -0.461 e. The molecule has 2 aromatic rings. The Labute approximate surface area is 172 Å². The van der Waals surface area contributed by atoms with Crippen LogP contribution in [0, 0.1) is 0 Å². The highest BCUT2D eigenvalue weighted by Crippen LogP contribution is 2.10. The SMILES string of the molecule is C=CC(=O)OCCNC(=O)OCCCN(Cc1ccccc1)Cc1ccccc1. The summed E-state index contributed by atoms with van der Waals surface area (Å²) in [7, 11) is 0. The number of carbonyl (C=O) groups excluding carboxylic acids is 2. The van der Waals surface area contributed by atoms with Crippen LogP contribution in [-0.4, -0.2) is 43.3 Å². The van der Waals surface area contributed by atoms with E-state index < -0.39 is 12.1 Å². The van der Waals surface area contributed by atoms with Gasteiger partial charge in [0.05, 0.1) is 13.2 Å². The maximum absolute atomic E-state index is 11.7. The van der Waals surface area contributed by atoms with E-state index in [-0.39, 0.29) is 13.2 Å². The summed E-state index contributed by atoms with van der Waals surface area (Å²) in [6.45, 7) is 6.36. The fourth-order valence-corrected chi connectivity index (χ4v) is 2.76. The van der Waals surface area contributed by atoms with Gasteiger partial charge in [-0.1, -0.05) is 67.2 Å². The molecule has 1 amide bonds. The number of hydrogen-bond acceptors (Lipinski definition) is 5. The first-order chi connectivity index (χ1) is 14.2. The molecule has 0 aliphatic rings. The molecule has 2 aromatic carbocycles. The van der Waals surface area contributed by atoms with Crippen molar-refractivity contribution in [2.24, 2.45) is 0 Å². The van der Waals surface area contributed by atoms with Gasteiger partial charge < -0.3 is 14.8 Å². The molecule has 0 radical (unpaired) electrons. The molecule has 0 aromatic heterocycles. The Kier molecular flexibility index (Phi) is 10.0. The third-order valence-corrected chi connectivity index (χ3v) is 4.13. The topological polar surface area (TPSA) is 67.9 Å². The average molecular weight is 396 g/mol. The number of nitrogens with zero attached hydrogens (tertiary/aromatic N) is 1. The van der Waals surface area contributed by atoms with Crippen molar-refractivity contribution >= 4 is 12.1 Å². The lowest BCUT2D eigenvalue weighted by Gasteiger charge is -2.22. The van der Waals surface area contributed by atoms with Crippen LogP contribution in [0.5, 0.6) is 0 Å². The van der Waals surface area contributed by atoms with Crippen molar-refractivity contribution in [2.75, 3.05) is 26.3 Å². The van der Waals surface area contributed by atoms with E-state index in [2.05, 4.69) is 41.1 Å². The second kappa shape index (κ2) is 13.1. The number of hydrogen-bond donors (Lipinski definition) is 1. The molecule has 0 atom stereocenters. The monoisotopic (exact) mass is 396 g/mol. The number of alkyl carbamates (subject to hydrolysis) is 1. The summed E-state index contributed by atoms with van der Waals surface area (Å²) < 4.78 is 9.97. The predicted octanol–water partition coefficient (Wildman–Crippen LogP) is 3.53. The molecule has 0 saturated carbocycles. The maximum Gasteiger partial charge on any atom is 0.407 e. The van der Waals surface area contributed by atoms with Gasteiger partial charge in [0, 0.05) is 25.7 Å². The van der Waals surface area contributed by atoms with Gasteiger partial charge in [-0.15, -0.1) is 0 Å². The molecule has 0 aliphatic heterocycles. The molecule has 0 fully saturated rings. The number of carbonyl (C=O) groups is 2. The number of nitrogens with one attached hydrogen (secondary N) is 1. The van der Waals surface area contributed by atoms with E-state index in [9.17, 15) is 9.59 Å². The summed E-state index contributed by atoms with van der Waals surface area (Å²) in [4.78, 5) is 24.9. The summed E-state index contributed by atoms with van der Waals surface area (Å²) in [5, 5.41) is 2.54. The molecule has 6 heteroatoms. The van der Waals surface area contributed by atoms with Gasteiger partial charge in [-0.25, -0.2) is 9.59 Å². The van der Waals surface area contributed by atoms with Crippen LogP contribution >= 0.6 is 0 Å². The molecule has 0 aliphatic carbocycles. The van der Waals surface area contributed by atoms with Crippen molar-refractivity contribution in [3.8, 4) is 0 Å². The van der Waals surface area contributed by atoms with E-state index in [4.69, 9.17) is 9.47 Å². The minimum absolute atomic E-state index is 0.0852. The van der Waals surface area contributed by atoms with Crippen molar-refractivity contribution in [1.82, 2.24) is 10.2 Å². The summed E-state index contributed by atoms with van der Waals surface area (Å²) in [5.41, 5.74) is 2.49. The Morgan fingerprint density at radius 1 is 0.897 bits per heavy atom. The molecule has 154 valence electrons. The van der Waals surface area contributed by atoms with Crippen LogP contribution in [-0.2, 0) is 27.4 Å². The first-order valence-corrected chi connectivity index (χ1v) is 9.67. The van der Waals surface area contributed by atoms with Gasteiger partial charge in [-0.2, -0.15) is 0 Å². The summed E-state index contributed by atoms with van der Waals surface area (Å²) in [5.74, 6) is -0.517. The zero-order chi connectivity index (χ0) is 20.7. The van der Waals surface area contributed by atoms with Crippen LogP contribution in [0.25, 0.3) is 0 Å². The Bertz CT molecular complexity index is 708. The lowest BCUT2D eigenvalue weighted by atomic mass is 10.1. The van der Waals surface area contributed by atoms with E-state index in [0.717, 1.165) is 32.1 Å². The smallest absolute Gasteiger partial charge is 0.407 e. The van der Waals surface area contributed by atoms with E-state index >= 15 is 0 Å². The molecule has 0 spiro atoms. The Morgan fingerprint density at radius 3 is 2.03 bits per heavy atom. The van der Waals surface area contributed by atoms with Gasteiger partial charge in [0.1, 0.15) is 6.61 Å². The molecule has 0 heterocycles. The quantitative estimate of drug-likeness (QED) is 0.338. The van der Waals surface area contributed by atoms with Gasteiger partial charge in [0.15, 0.2) is 0 Å². The van der Waals surface area contributed by atoms with Crippen LogP contribution in [0.1, 0.15) is 17.5 Å². The molecule has 6 nitrogen and oxygen atoms in total. The normalized spacial score (nSPS) is 10.4. The Morgan fingerprint density at radius 2 is 1.48 bits per heavy atom. The van der Waals surface area contributed by atoms with Gasteiger partial charge in [-0.05, 0) is 17.5 Å². The van der Waals surface area contributed by atoms with E-state index in [0.29, 0.717) is 6.61 Å². The fourth-order valence-electron chi connectivity index (χ4n) is 2.76. The van der Waals surface area contributed by atoms with Crippen molar-refractivity contribution in [3.63, 3.8) is 0 Å². The second-order valence-corrected chi connectivity index (χ2v) is 6.47. The number of benzene rings is 2. The molecule has 2 rings (SSSR count). The third kappa shape index (κ3) is 9.58. The lowest BCUT2D eigenvalue weighted by Crippen LogP contribution is -2.30. The standard InChI is InChI=1S/C23H28N2O4/c1-2-22(26)28-17-14-24-23(27)29-16-9-15-25(18-20-10-5-3-6-11-20)19-21-12-7-4-8-13-21/h2-8,10-13H,1,9,14-19H2,(H,24,27). The average Bonchev–Trinajstić information content (AvgIpc) is 2.75. The highest BCUT2D eigenvalue weighted by atomic mass is 16.6. The Hall–Kier alpha value is -3.12. The van der Waals surface area contributed by atoms with E-state index in [1.807, 2.05) is 36.4 Å². The second-order valence-electron chi connectivity index (χ2n) is 6.47. The summed E-state index contributed by atoms with van der Waals surface area (Å²) in [6.07, 6.45) is 1.28. The van der Waals surface area contributed by atoms with Crippen LogP contribution in [0.15, 0.2) is 73.3 Å². The fraction of sp³-hybridized carbons (Fsp3) is 0.304. The molecule has 0 saturated heterocycles. The number of esters is 1. The molecule has 0 unspecified atom stereocenters. The summed E-state index contributed by atoms with van der Waals surface area (Å²) in [6, 6.07) is 20.6. The van der Waals surface area contributed by atoms with Gasteiger partial charge in [-0.3, -0.25) is 4.90 Å². The van der Waals surface area contributed by atoms with Crippen molar-refractivity contribution < 1.29 is 19.1 Å². The highest BCUT2D eigenvalue weighted by Gasteiger charge is 2.08. The lowest BCUT2D eigenvalue weighted by molar-refractivity contribution is -0.137. The van der Waals surface area contributed by atoms with Crippen molar-refractivity contribution in [1.29, 1.82) is 0 Å². The van der Waals surface area contributed by atoms with Crippen LogP contribution < -0.4 is 5.32 Å². The van der Waals surface area contributed by atoms with E-state index in [1.165, 1.54) is 11.1 Å².